The third-order valence-corrected chi connectivity index (χ3v) is 6.08. The second kappa shape index (κ2) is 6.36. The van der Waals surface area contributed by atoms with E-state index in [1.54, 1.807) is 31.2 Å². The maximum atomic E-state index is 12.5. The van der Waals surface area contributed by atoms with Crippen molar-refractivity contribution in [3.63, 3.8) is 0 Å². The fourth-order valence-corrected chi connectivity index (χ4v) is 4.80. The Balaban J connectivity index is 2.31. The molecule has 0 saturated carbocycles. The maximum absolute atomic E-state index is 12.5. The second-order valence-corrected chi connectivity index (χ2v) is 8.13. The number of aryl methyl sites for hydroxylation is 2. The van der Waals surface area contributed by atoms with Crippen LogP contribution < -0.4 is 10.0 Å². The molecule has 0 unspecified atom stereocenters. The number of nitrogens with one attached hydrogen (secondary N) is 2. The highest BCUT2D eigenvalue weighted by molar-refractivity contribution is 7.93. The summed E-state index contributed by atoms with van der Waals surface area (Å²) in [5.41, 5.74) is 1.37. The van der Waals surface area contributed by atoms with Crippen molar-refractivity contribution >= 4 is 38.6 Å². The minimum absolute atomic E-state index is 0.314. The molecule has 1 aromatic carbocycles. The number of benzene rings is 1. The Bertz CT molecular complexity index is 754. The summed E-state index contributed by atoms with van der Waals surface area (Å²) in [6.07, 6.45) is 0. The van der Waals surface area contributed by atoms with Crippen molar-refractivity contribution in [3.05, 3.63) is 44.6 Å². The van der Waals surface area contributed by atoms with Crippen LogP contribution in [-0.2, 0) is 16.6 Å². The standard InChI is InChI=1S/C14H17ClN2O2S2/c1-9-4-5-11(6-13(9)15)17-21(18,19)14-7-12(8-16-3)20-10(14)2/h4-7,16-17H,8H2,1-3H3. The fourth-order valence-electron chi connectivity index (χ4n) is 1.92. The molecule has 0 amide bonds. The van der Waals surface area contributed by atoms with E-state index >= 15 is 0 Å². The Kier molecular flexibility index (Phi) is 4.93. The lowest BCUT2D eigenvalue weighted by Gasteiger charge is -2.08. The minimum atomic E-state index is -3.60. The number of halogens is 1. The van der Waals surface area contributed by atoms with E-state index in [2.05, 4.69) is 10.0 Å². The van der Waals surface area contributed by atoms with Gasteiger partial charge in [-0.2, -0.15) is 0 Å². The van der Waals surface area contributed by atoms with E-state index in [9.17, 15) is 8.42 Å². The van der Waals surface area contributed by atoms with Crippen LogP contribution in [0.3, 0.4) is 0 Å². The smallest absolute Gasteiger partial charge is 0.263 e. The van der Waals surface area contributed by atoms with Crippen LogP contribution in [0.5, 0.6) is 0 Å². The van der Waals surface area contributed by atoms with E-state index in [4.69, 9.17) is 11.6 Å². The van der Waals surface area contributed by atoms with Crippen LogP contribution in [0.2, 0.25) is 5.02 Å². The van der Waals surface area contributed by atoms with Gasteiger partial charge in [-0.25, -0.2) is 8.42 Å². The number of hydrogen-bond donors (Lipinski definition) is 2. The van der Waals surface area contributed by atoms with Gasteiger partial charge in [0.15, 0.2) is 0 Å². The first-order valence-electron chi connectivity index (χ1n) is 6.36. The molecular weight excluding hydrogens is 328 g/mol. The Morgan fingerprint density at radius 2 is 1.95 bits per heavy atom. The molecule has 2 aromatic rings. The summed E-state index contributed by atoms with van der Waals surface area (Å²) in [5, 5.41) is 3.55. The Morgan fingerprint density at radius 1 is 1.24 bits per heavy atom. The normalized spacial score (nSPS) is 11.6. The van der Waals surface area contributed by atoms with Crippen molar-refractivity contribution in [3.8, 4) is 0 Å². The zero-order valence-corrected chi connectivity index (χ0v) is 14.4. The lowest BCUT2D eigenvalue weighted by molar-refractivity contribution is 0.601. The van der Waals surface area contributed by atoms with Gasteiger partial charge in [-0.1, -0.05) is 17.7 Å². The highest BCUT2D eigenvalue weighted by atomic mass is 35.5. The molecule has 4 nitrogen and oxygen atoms in total. The van der Waals surface area contributed by atoms with E-state index < -0.39 is 10.0 Å². The van der Waals surface area contributed by atoms with Crippen molar-refractivity contribution in [2.24, 2.45) is 0 Å². The zero-order chi connectivity index (χ0) is 15.6. The van der Waals surface area contributed by atoms with Crippen molar-refractivity contribution in [2.45, 2.75) is 25.3 Å². The molecule has 1 heterocycles. The summed E-state index contributed by atoms with van der Waals surface area (Å²) in [6.45, 7) is 4.32. The molecular formula is C14H17ClN2O2S2. The van der Waals surface area contributed by atoms with E-state index in [0.29, 0.717) is 22.2 Å². The van der Waals surface area contributed by atoms with Gasteiger partial charge in [0.1, 0.15) is 4.90 Å². The van der Waals surface area contributed by atoms with Crippen molar-refractivity contribution in [2.75, 3.05) is 11.8 Å². The molecule has 0 bridgehead atoms. The summed E-state index contributed by atoms with van der Waals surface area (Å²) >= 11 is 7.50. The second-order valence-electron chi connectivity index (χ2n) is 4.73. The summed E-state index contributed by atoms with van der Waals surface area (Å²) in [7, 11) is -1.77. The van der Waals surface area contributed by atoms with E-state index in [-0.39, 0.29) is 0 Å². The molecule has 0 fully saturated rings. The average molecular weight is 345 g/mol. The average Bonchev–Trinajstić information content (AvgIpc) is 2.76. The first-order chi connectivity index (χ1) is 9.83. The van der Waals surface area contributed by atoms with Crippen LogP contribution in [0.4, 0.5) is 5.69 Å². The molecule has 114 valence electrons. The molecule has 7 heteroatoms. The van der Waals surface area contributed by atoms with Gasteiger partial charge in [0, 0.05) is 21.3 Å². The SMILES string of the molecule is CNCc1cc(S(=O)(=O)Nc2ccc(C)c(Cl)c2)c(C)s1. The summed E-state index contributed by atoms with van der Waals surface area (Å²) in [6, 6.07) is 6.81. The predicted octanol–water partition coefficient (Wildman–Crippen LogP) is 3.54. The molecule has 1 aromatic heterocycles. The van der Waals surface area contributed by atoms with Crippen molar-refractivity contribution < 1.29 is 8.42 Å². The summed E-state index contributed by atoms with van der Waals surface area (Å²) in [5.74, 6) is 0. The van der Waals surface area contributed by atoms with E-state index in [1.165, 1.54) is 11.3 Å². The Hall–Kier alpha value is -1.08. The van der Waals surface area contributed by atoms with Gasteiger partial charge in [0.25, 0.3) is 10.0 Å². The molecule has 0 aliphatic rings. The van der Waals surface area contributed by atoms with Crippen LogP contribution in [0, 0.1) is 13.8 Å². The van der Waals surface area contributed by atoms with Crippen LogP contribution >= 0.6 is 22.9 Å². The maximum Gasteiger partial charge on any atom is 0.263 e. The molecule has 0 saturated heterocycles. The summed E-state index contributed by atoms with van der Waals surface area (Å²) in [4.78, 5) is 2.07. The van der Waals surface area contributed by atoms with Gasteiger partial charge in [0.2, 0.25) is 0 Å². The lowest BCUT2D eigenvalue weighted by Crippen LogP contribution is -2.13. The van der Waals surface area contributed by atoms with Gasteiger partial charge in [-0.05, 0) is 44.7 Å². The zero-order valence-electron chi connectivity index (χ0n) is 12.0. The monoisotopic (exact) mass is 344 g/mol. The molecule has 0 atom stereocenters. The first-order valence-corrected chi connectivity index (χ1v) is 9.04. The van der Waals surface area contributed by atoms with Crippen LogP contribution in [0.25, 0.3) is 0 Å². The minimum Gasteiger partial charge on any atom is -0.315 e. The van der Waals surface area contributed by atoms with Gasteiger partial charge in [-0.3, -0.25) is 4.72 Å². The number of hydrogen-bond acceptors (Lipinski definition) is 4. The number of thiophene rings is 1. The first kappa shape index (κ1) is 16.3. The summed E-state index contributed by atoms with van der Waals surface area (Å²) < 4.78 is 27.5. The Morgan fingerprint density at radius 3 is 2.57 bits per heavy atom. The number of rotatable bonds is 5. The molecule has 21 heavy (non-hydrogen) atoms. The third kappa shape index (κ3) is 3.77. The molecule has 2 N–H and O–H groups in total. The largest absolute Gasteiger partial charge is 0.315 e. The van der Waals surface area contributed by atoms with Crippen molar-refractivity contribution in [1.82, 2.24) is 5.32 Å². The van der Waals surface area contributed by atoms with Crippen molar-refractivity contribution in [1.29, 1.82) is 0 Å². The molecule has 0 aliphatic carbocycles. The number of sulfonamides is 1. The van der Waals surface area contributed by atoms with Gasteiger partial charge < -0.3 is 5.32 Å². The van der Waals surface area contributed by atoms with Gasteiger partial charge in [0.05, 0.1) is 5.69 Å². The molecule has 0 spiro atoms. The highest BCUT2D eigenvalue weighted by Crippen LogP contribution is 2.28. The van der Waals surface area contributed by atoms with Crippen LogP contribution in [0.1, 0.15) is 15.3 Å². The van der Waals surface area contributed by atoms with Crippen LogP contribution in [-0.4, -0.2) is 15.5 Å². The van der Waals surface area contributed by atoms with Crippen LogP contribution in [0.15, 0.2) is 29.2 Å². The fraction of sp³-hybridized carbons (Fsp3) is 0.286. The van der Waals surface area contributed by atoms with Gasteiger partial charge >= 0.3 is 0 Å². The molecule has 0 radical (unpaired) electrons. The molecule has 2 rings (SSSR count). The molecule has 0 aliphatic heterocycles. The third-order valence-electron chi connectivity index (χ3n) is 2.99. The highest BCUT2D eigenvalue weighted by Gasteiger charge is 2.20. The predicted molar refractivity (Wildman–Crippen MR) is 88.8 cm³/mol. The van der Waals surface area contributed by atoms with E-state index in [1.807, 2.05) is 14.0 Å². The quantitative estimate of drug-likeness (QED) is 0.872. The topological polar surface area (TPSA) is 58.2 Å². The Labute approximate surface area is 134 Å². The number of anilines is 1. The lowest BCUT2D eigenvalue weighted by atomic mass is 10.2. The van der Waals surface area contributed by atoms with Gasteiger partial charge in [-0.15, -0.1) is 11.3 Å². The van der Waals surface area contributed by atoms with E-state index in [0.717, 1.165) is 15.3 Å².